The van der Waals surface area contributed by atoms with Gasteiger partial charge in [-0.2, -0.15) is 0 Å². The summed E-state index contributed by atoms with van der Waals surface area (Å²) in [5, 5.41) is 0. The predicted octanol–water partition coefficient (Wildman–Crippen LogP) is 2.87. The lowest BCUT2D eigenvalue weighted by Crippen LogP contribution is -2.29. The maximum absolute atomic E-state index is 12.3. The van der Waals surface area contributed by atoms with Gasteiger partial charge in [-0.25, -0.2) is 13.1 Å². The molecule has 0 aliphatic heterocycles. The first kappa shape index (κ1) is 14.3. The monoisotopic (exact) mass is 396 g/mol. The third kappa shape index (κ3) is 2.74. The third-order valence-corrected chi connectivity index (χ3v) is 6.05. The van der Waals surface area contributed by atoms with Gasteiger partial charge >= 0.3 is 0 Å². The Labute approximate surface area is 124 Å². The lowest BCUT2D eigenvalue weighted by atomic mass is 10.2. The Morgan fingerprint density at radius 2 is 1.94 bits per heavy atom. The molecule has 1 unspecified atom stereocenters. The van der Waals surface area contributed by atoms with Crippen molar-refractivity contribution in [3.8, 4) is 0 Å². The molecule has 18 heavy (non-hydrogen) atoms. The van der Waals surface area contributed by atoms with Crippen molar-refractivity contribution in [2.24, 2.45) is 5.41 Å². The Morgan fingerprint density at radius 3 is 2.39 bits per heavy atom. The van der Waals surface area contributed by atoms with Gasteiger partial charge in [-0.1, -0.05) is 29.8 Å². The molecule has 0 saturated heterocycles. The van der Waals surface area contributed by atoms with Gasteiger partial charge < -0.3 is 5.73 Å². The summed E-state index contributed by atoms with van der Waals surface area (Å²) in [5.41, 5.74) is 6.05. The Morgan fingerprint density at radius 1 is 1.39 bits per heavy atom. The number of nitrogens with two attached hydrogens (primary N) is 1. The maximum Gasteiger partial charge on any atom is 0.244 e. The fourth-order valence-corrected chi connectivity index (χ4v) is 5.26. The van der Waals surface area contributed by atoms with E-state index in [0.29, 0.717) is 4.47 Å². The van der Waals surface area contributed by atoms with E-state index in [1.54, 1.807) is 12.1 Å². The Hall–Kier alpha value is -0.110. The van der Waals surface area contributed by atoms with Crippen LogP contribution in [0.5, 0.6) is 0 Å². The van der Waals surface area contributed by atoms with Gasteiger partial charge in [0, 0.05) is 15.0 Å². The second-order valence-electron chi connectivity index (χ2n) is 5.17. The smallest absolute Gasteiger partial charge is 0.244 e. The number of benzene rings is 1. The zero-order valence-corrected chi connectivity index (χ0v) is 14.0. The highest BCUT2D eigenvalue weighted by atomic mass is 79.9. The fourth-order valence-electron chi connectivity index (χ4n) is 1.78. The lowest BCUT2D eigenvalue weighted by molar-refractivity contribution is 0.555. The van der Waals surface area contributed by atoms with Crippen molar-refractivity contribution in [3.05, 3.63) is 21.1 Å². The van der Waals surface area contributed by atoms with E-state index in [2.05, 4.69) is 36.6 Å². The van der Waals surface area contributed by atoms with Crippen LogP contribution in [0.4, 0.5) is 5.69 Å². The summed E-state index contributed by atoms with van der Waals surface area (Å²) < 4.78 is 28.5. The molecule has 4 nitrogen and oxygen atoms in total. The molecule has 1 aromatic rings. The zero-order valence-electron chi connectivity index (χ0n) is 10.00. The molecule has 1 fully saturated rings. The molecular formula is C11H14Br2N2O2S. The number of halogens is 2. The number of rotatable bonds is 3. The molecule has 3 N–H and O–H groups in total. The van der Waals surface area contributed by atoms with Gasteiger partial charge in [0.1, 0.15) is 4.90 Å². The summed E-state index contributed by atoms with van der Waals surface area (Å²) in [6, 6.07) is 3.23. The molecule has 0 aromatic heterocycles. The van der Waals surface area contributed by atoms with Crippen molar-refractivity contribution in [2.75, 3.05) is 5.73 Å². The minimum atomic E-state index is -3.59. The van der Waals surface area contributed by atoms with Gasteiger partial charge in [0.05, 0.1) is 5.69 Å². The summed E-state index contributed by atoms with van der Waals surface area (Å²) >= 11 is 6.51. The minimum absolute atomic E-state index is 0.0163. The van der Waals surface area contributed by atoms with Crippen LogP contribution >= 0.6 is 31.9 Å². The highest BCUT2D eigenvalue weighted by molar-refractivity contribution is 9.11. The summed E-state index contributed by atoms with van der Waals surface area (Å²) in [5.74, 6) is 0. The summed E-state index contributed by atoms with van der Waals surface area (Å²) in [6.07, 6.45) is 0.848. The molecule has 0 radical (unpaired) electrons. The Bertz CT molecular complexity index is 576. The fraction of sp³-hybridized carbons (Fsp3) is 0.455. The van der Waals surface area contributed by atoms with E-state index in [4.69, 9.17) is 5.73 Å². The quantitative estimate of drug-likeness (QED) is 0.770. The van der Waals surface area contributed by atoms with Crippen molar-refractivity contribution < 1.29 is 8.42 Å². The first-order valence-electron chi connectivity index (χ1n) is 5.40. The molecule has 0 spiro atoms. The van der Waals surface area contributed by atoms with Crippen molar-refractivity contribution in [2.45, 2.75) is 31.2 Å². The number of anilines is 1. The van der Waals surface area contributed by atoms with Crippen molar-refractivity contribution in [1.82, 2.24) is 4.72 Å². The average molecular weight is 398 g/mol. The molecule has 0 amide bonds. The first-order valence-corrected chi connectivity index (χ1v) is 8.47. The van der Waals surface area contributed by atoms with E-state index < -0.39 is 10.0 Å². The summed E-state index contributed by atoms with van der Waals surface area (Å²) in [7, 11) is -3.59. The molecule has 1 aliphatic rings. The van der Waals surface area contributed by atoms with E-state index in [1.165, 1.54) is 0 Å². The molecule has 1 atom stereocenters. The van der Waals surface area contributed by atoms with Crippen LogP contribution < -0.4 is 10.5 Å². The van der Waals surface area contributed by atoms with Gasteiger partial charge in [0.2, 0.25) is 10.0 Å². The molecule has 2 rings (SSSR count). The van der Waals surface area contributed by atoms with E-state index >= 15 is 0 Å². The van der Waals surface area contributed by atoms with Gasteiger partial charge in [0.15, 0.2) is 0 Å². The van der Waals surface area contributed by atoms with E-state index in [0.717, 1.165) is 10.9 Å². The predicted molar refractivity (Wildman–Crippen MR) is 78.8 cm³/mol. The number of nitrogen functional groups attached to an aromatic ring is 1. The largest absolute Gasteiger partial charge is 0.398 e. The number of hydrogen-bond donors (Lipinski definition) is 2. The Kier molecular flexibility index (Phi) is 3.55. The standard InChI is InChI=1S/C11H14Br2N2O2S/c1-11(2)5-9(11)15-18(16,17)10-7(13)3-6(12)4-8(10)14/h3-4,9,15H,5,14H2,1-2H3. The molecule has 1 aliphatic carbocycles. The van der Waals surface area contributed by atoms with E-state index in [-0.39, 0.29) is 22.0 Å². The SMILES string of the molecule is CC1(C)CC1NS(=O)(=O)c1c(N)cc(Br)cc1Br. The van der Waals surface area contributed by atoms with Gasteiger partial charge in [-0.05, 0) is 39.9 Å². The number of sulfonamides is 1. The van der Waals surface area contributed by atoms with Crippen LogP contribution in [0.1, 0.15) is 20.3 Å². The van der Waals surface area contributed by atoms with Crippen LogP contribution in [0.25, 0.3) is 0 Å². The zero-order chi connectivity index (χ0) is 13.7. The second kappa shape index (κ2) is 4.47. The average Bonchev–Trinajstić information content (AvgIpc) is 2.68. The first-order chi connectivity index (χ1) is 8.13. The molecule has 0 heterocycles. The van der Waals surface area contributed by atoms with Gasteiger partial charge in [0.25, 0.3) is 0 Å². The Balaban J connectivity index is 2.36. The van der Waals surface area contributed by atoms with Crippen LogP contribution in [0.15, 0.2) is 26.0 Å². The molecule has 7 heteroatoms. The van der Waals surface area contributed by atoms with Crippen LogP contribution in [0.3, 0.4) is 0 Å². The van der Waals surface area contributed by atoms with Crippen molar-refractivity contribution in [3.63, 3.8) is 0 Å². The third-order valence-electron chi connectivity index (χ3n) is 3.12. The van der Waals surface area contributed by atoms with Crippen LogP contribution in [0.2, 0.25) is 0 Å². The van der Waals surface area contributed by atoms with Crippen LogP contribution in [-0.4, -0.2) is 14.5 Å². The number of hydrogen-bond acceptors (Lipinski definition) is 3. The molecule has 1 saturated carbocycles. The summed E-state index contributed by atoms with van der Waals surface area (Å²) in [4.78, 5) is 0.105. The molecule has 100 valence electrons. The second-order valence-corrected chi connectivity index (χ2v) is 8.59. The lowest BCUT2D eigenvalue weighted by Gasteiger charge is -2.12. The van der Waals surface area contributed by atoms with Crippen molar-refractivity contribution in [1.29, 1.82) is 0 Å². The van der Waals surface area contributed by atoms with E-state index in [1.807, 2.05) is 13.8 Å². The highest BCUT2D eigenvalue weighted by Crippen LogP contribution is 2.45. The maximum atomic E-state index is 12.3. The molecular weight excluding hydrogens is 384 g/mol. The number of nitrogens with one attached hydrogen (secondary N) is 1. The van der Waals surface area contributed by atoms with Crippen molar-refractivity contribution >= 4 is 47.6 Å². The highest BCUT2D eigenvalue weighted by Gasteiger charge is 2.48. The topological polar surface area (TPSA) is 72.2 Å². The minimum Gasteiger partial charge on any atom is -0.398 e. The van der Waals surface area contributed by atoms with Crippen LogP contribution in [0, 0.1) is 5.41 Å². The molecule has 1 aromatic carbocycles. The normalized spacial score (nSPS) is 21.9. The van der Waals surface area contributed by atoms with Gasteiger partial charge in [-0.3, -0.25) is 0 Å². The van der Waals surface area contributed by atoms with Crippen LogP contribution in [-0.2, 0) is 10.0 Å². The van der Waals surface area contributed by atoms with Gasteiger partial charge in [-0.15, -0.1) is 0 Å². The van der Waals surface area contributed by atoms with E-state index in [9.17, 15) is 8.42 Å². The molecule has 0 bridgehead atoms. The summed E-state index contributed by atoms with van der Waals surface area (Å²) in [6.45, 7) is 4.06.